The molecule has 0 amide bonds. The molecule has 0 spiro atoms. The summed E-state index contributed by atoms with van der Waals surface area (Å²) in [6.07, 6.45) is 11.0. The minimum absolute atomic E-state index is 0.00724. The first-order valence-corrected chi connectivity index (χ1v) is 9.14. The van der Waals surface area contributed by atoms with Crippen LogP contribution in [0.15, 0.2) is 29.8 Å². The van der Waals surface area contributed by atoms with Crippen molar-refractivity contribution < 1.29 is 14.3 Å². The van der Waals surface area contributed by atoms with Gasteiger partial charge in [-0.2, -0.15) is 5.26 Å². The highest BCUT2D eigenvalue weighted by Crippen LogP contribution is 2.16. The minimum atomic E-state index is -0.562. The monoisotopic (exact) mass is 343 g/mol. The van der Waals surface area contributed by atoms with E-state index >= 15 is 0 Å². The van der Waals surface area contributed by atoms with Crippen molar-refractivity contribution in [1.82, 2.24) is 0 Å². The number of nitrogens with zero attached hydrogens (tertiary/aromatic N) is 1. The molecule has 0 saturated heterocycles. The van der Waals surface area contributed by atoms with Gasteiger partial charge in [0.05, 0.1) is 13.7 Å². The number of ether oxygens (including phenoxy) is 2. The molecule has 0 aromatic heterocycles. The molecule has 0 radical (unpaired) electrons. The molecule has 4 heteroatoms. The summed E-state index contributed by atoms with van der Waals surface area (Å²) in [5, 5.41) is 9.18. The molecule has 0 saturated carbocycles. The third-order valence-electron chi connectivity index (χ3n) is 3.98. The van der Waals surface area contributed by atoms with Gasteiger partial charge in [0.25, 0.3) is 0 Å². The van der Waals surface area contributed by atoms with Crippen LogP contribution >= 0.6 is 0 Å². The Labute approximate surface area is 151 Å². The molecule has 0 aliphatic rings. The van der Waals surface area contributed by atoms with Gasteiger partial charge in [-0.25, -0.2) is 4.79 Å². The summed E-state index contributed by atoms with van der Waals surface area (Å²) < 4.78 is 10.3. The number of esters is 1. The van der Waals surface area contributed by atoms with Crippen molar-refractivity contribution in [3.05, 3.63) is 35.4 Å². The van der Waals surface area contributed by atoms with E-state index in [9.17, 15) is 10.1 Å². The first kappa shape index (κ1) is 20.8. The lowest BCUT2D eigenvalue weighted by molar-refractivity contribution is -0.138. The van der Waals surface area contributed by atoms with Crippen molar-refractivity contribution in [2.24, 2.45) is 0 Å². The Hall–Kier alpha value is -2.28. The Bertz CT molecular complexity index is 587. The van der Waals surface area contributed by atoms with Crippen LogP contribution in [0.5, 0.6) is 5.75 Å². The van der Waals surface area contributed by atoms with Crippen LogP contribution in [0.2, 0.25) is 0 Å². The molecule has 0 N–H and O–H groups in total. The first-order chi connectivity index (χ1) is 12.2. The van der Waals surface area contributed by atoms with Gasteiger partial charge < -0.3 is 9.47 Å². The number of nitriles is 1. The van der Waals surface area contributed by atoms with Gasteiger partial charge in [0.15, 0.2) is 0 Å². The Morgan fingerprint density at radius 1 is 1.12 bits per heavy atom. The van der Waals surface area contributed by atoms with Crippen molar-refractivity contribution in [1.29, 1.82) is 5.26 Å². The van der Waals surface area contributed by atoms with E-state index in [0.717, 1.165) is 18.4 Å². The summed E-state index contributed by atoms with van der Waals surface area (Å²) in [5.41, 5.74) is 0.743. The third-order valence-corrected chi connectivity index (χ3v) is 3.98. The lowest BCUT2D eigenvalue weighted by atomic mass is 10.1. The molecular formula is C21H29NO3. The summed E-state index contributed by atoms with van der Waals surface area (Å²) >= 11 is 0. The highest BCUT2D eigenvalue weighted by atomic mass is 16.5. The molecule has 0 atom stereocenters. The van der Waals surface area contributed by atoms with Crippen LogP contribution in [0, 0.1) is 11.3 Å². The van der Waals surface area contributed by atoms with Gasteiger partial charge in [-0.15, -0.1) is 0 Å². The first-order valence-electron chi connectivity index (χ1n) is 9.14. The van der Waals surface area contributed by atoms with E-state index in [1.165, 1.54) is 44.6 Å². The third kappa shape index (κ3) is 8.95. The van der Waals surface area contributed by atoms with E-state index in [4.69, 9.17) is 9.47 Å². The van der Waals surface area contributed by atoms with Crippen molar-refractivity contribution in [2.75, 3.05) is 13.7 Å². The molecule has 136 valence electrons. The number of rotatable bonds is 12. The predicted molar refractivity (Wildman–Crippen MR) is 100 cm³/mol. The molecule has 1 aromatic carbocycles. The minimum Gasteiger partial charge on any atom is -0.497 e. The summed E-state index contributed by atoms with van der Waals surface area (Å²) in [4.78, 5) is 12.0. The van der Waals surface area contributed by atoms with Crippen LogP contribution in [0.1, 0.15) is 63.9 Å². The topological polar surface area (TPSA) is 59.3 Å². The van der Waals surface area contributed by atoms with Crippen LogP contribution in [-0.2, 0) is 9.53 Å². The molecule has 25 heavy (non-hydrogen) atoms. The van der Waals surface area contributed by atoms with Gasteiger partial charge in [-0.05, 0) is 30.2 Å². The second kappa shape index (κ2) is 13.1. The predicted octanol–water partition coefficient (Wildman–Crippen LogP) is 5.29. The Morgan fingerprint density at radius 3 is 2.44 bits per heavy atom. The SMILES string of the molecule is CCCCCCCCCCOC(=O)C(C#N)=Cc1cccc(OC)c1. The van der Waals surface area contributed by atoms with E-state index in [1.54, 1.807) is 13.2 Å². The average molecular weight is 343 g/mol. The lowest BCUT2D eigenvalue weighted by Gasteiger charge is -2.05. The zero-order chi connectivity index (χ0) is 18.3. The molecule has 4 nitrogen and oxygen atoms in total. The van der Waals surface area contributed by atoms with E-state index in [1.807, 2.05) is 24.3 Å². The van der Waals surface area contributed by atoms with Gasteiger partial charge in [0.1, 0.15) is 17.4 Å². The molecule has 0 fully saturated rings. The molecule has 1 aromatic rings. The quantitative estimate of drug-likeness (QED) is 0.224. The van der Waals surface area contributed by atoms with Gasteiger partial charge in [-0.1, -0.05) is 64.0 Å². The lowest BCUT2D eigenvalue weighted by Crippen LogP contribution is -2.08. The summed E-state index contributed by atoms with van der Waals surface area (Å²) in [6, 6.07) is 9.11. The van der Waals surface area contributed by atoms with Crippen LogP contribution in [0.25, 0.3) is 6.08 Å². The fourth-order valence-corrected chi connectivity index (χ4v) is 2.51. The van der Waals surface area contributed by atoms with Crippen LogP contribution < -0.4 is 4.74 Å². The zero-order valence-corrected chi connectivity index (χ0v) is 15.4. The molecule has 0 aliphatic carbocycles. The largest absolute Gasteiger partial charge is 0.497 e. The number of carbonyl (C=O) groups excluding carboxylic acids is 1. The molecule has 0 heterocycles. The zero-order valence-electron chi connectivity index (χ0n) is 15.4. The van der Waals surface area contributed by atoms with Crippen molar-refractivity contribution in [3.63, 3.8) is 0 Å². The molecule has 0 bridgehead atoms. The maximum atomic E-state index is 12.0. The van der Waals surface area contributed by atoms with Crippen LogP contribution in [-0.4, -0.2) is 19.7 Å². The summed E-state index contributed by atoms with van der Waals surface area (Å²) in [5.74, 6) is 0.117. The maximum absolute atomic E-state index is 12.0. The van der Waals surface area contributed by atoms with Gasteiger partial charge in [-0.3, -0.25) is 0 Å². The van der Waals surface area contributed by atoms with Crippen molar-refractivity contribution in [3.8, 4) is 11.8 Å². The Morgan fingerprint density at radius 2 is 1.80 bits per heavy atom. The number of methoxy groups -OCH3 is 1. The highest BCUT2D eigenvalue weighted by molar-refractivity contribution is 5.97. The number of carbonyl (C=O) groups is 1. The van der Waals surface area contributed by atoms with Crippen molar-refractivity contribution >= 4 is 12.0 Å². The van der Waals surface area contributed by atoms with Gasteiger partial charge >= 0.3 is 5.97 Å². The number of unbranched alkanes of at least 4 members (excludes halogenated alkanes) is 7. The number of hydrogen-bond donors (Lipinski definition) is 0. The van der Waals surface area contributed by atoms with E-state index in [2.05, 4.69) is 6.92 Å². The Kier molecular flexibility index (Phi) is 10.8. The maximum Gasteiger partial charge on any atom is 0.348 e. The fraction of sp³-hybridized carbons (Fsp3) is 0.524. The molecule has 0 aliphatic heterocycles. The summed E-state index contributed by atoms with van der Waals surface area (Å²) in [7, 11) is 1.58. The van der Waals surface area contributed by atoms with Crippen LogP contribution in [0.3, 0.4) is 0 Å². The molecule has 0 unspecified atom stereocenters. The van der Waals surface area contributed by atoms with Crippen LogP contribution in [0.4, 0.5) is 0 Å². The molecular weight excluding hydrogens is 314 g/mol. The second-order valence-corrected chi connectivity index (χ2v) is 6.06. The van der Waals surface area contributed by atoms with Crippen molar-refractivity contribution in [2.45, 2.75) is 58.3 Å². The van der Waals surface area contributed by atoms with E-state index in [-0.39, 0.29) is 5.57 Å². The van der Waals surface area contributed by atoms with Gasteiger partial charge in [0, 0.05) is 0 Å². The molecule has 1 rings (SSSR count). The highest BCUT2D eigenvalue weighted by Gasteiger charge is 2.10. The number of benzene rings is 1. The smallest absolute Gasteiger partial charge is 0.348 e. The van der Waals surface area contributed by atoms with Gasteiger partial charge in [0.2, 0.25) is 0 Å². The Balaban J connectivity index is 2.32. The van der Waals surface area contributed by atoms with E-state index < -0.39 is 5.97 Å². The normalized spacial score (nSPS) is 11.0. The fourth-order valence-electron chi connectivity index (χ4n) is 2.51. The average Bonchev–Trinajstić information content (AvgIpc) is 2.64. The summed E-state index contributed by atoms with van der Waals surface area (Å²) in [6.45, 7) is 2.58. The standard InChI is InChI=1S/C21H29NO3/c1-3-4-5-6-7-8-9-10-14-25-21(23)19(17-22)15-18-12-11-13-20(16-18)24-2/h11-13,15-16H,3-10,14H2,1-2H3. The van der Waals surface area contributed by atoms with E-state index in [0.29, 0.717) is 12.4 Å². The number of hydrogen-bond acceptors (Lipinski definition) is 4. The second-order valence-electron chi connectivity index (χ2n) is 6.06.